The molecule has 0 fully saturated rings. The standard InChI is InChI=1S/C43H31BN4S2/c1-23-9-15-37-40(34(23)22-46-3)30-8-6-7-29-39-24(2)31(26-12-10-25(21-45)11-13-26)20-38-41(39)44(48(37)42(29)30)35-19-28(50-5)18-33-32-17-27(49-4)14-16-36(32)47(38)43(33)35/h6-20,22H,1-5H3. The molecule has 2 aromatic heterocycles. The third-order valence-electron chi connectivity index (χ3n) is 11.1. The topological polar surface area (TPSA) is 46.0 Å². The second-order valence-electron chi connectivity index (χ2n) is 13.4. The maximum absolute atomic E-state index is 9.60. The first kappa shape index (κ1) is 29.7. The molecule has 0 saturated heterocycles. The Labute approximate surface area is 299 Å². The van der Waals surface area contributed by atoms with Crippen molar-refractivity contribution >= 4 is 91.1 Å². The Kier molecular flexibility index (Phi) is 6.35. The fraction of sp³-hybridized carbons (Fsp3) is 0.116. The lowest BCUT2D eigenvalue weighted by molar-refractivity contribution is 1.17. The zero-order chi connectivity index (χ0) is 34.0. The van der Waals surface area contributed by atoms with Crippen molar-refractivity contribution in [2.75, 3.05) is 19.6 Å². The summed E-state index contributed by atoms with van der Waals surface area (Å²) in [5.41, 5.74) is 18.2. The molecule has 50 heavy (non-hydrogen) atoms. The minimum Gasteiger partial charge on any atom is -0.375 e. The molecule has 8 aromatic rings. The Hall–Kier alpha value is -5.16. The van der Waals surface area contributed by atoms with Gasteiger partial charge in [0.1, 0.15) is 0 Å². The normalized spacial score (nSPS) is 12.9. The first-order chi connectivity index (χ1) is 24.5. The number of nitrogens with zero attached hydrogens (tertiary/aromatic N) is 4. The van der Waals surface area contributed by atoms with Gasteiger partial charge in [-0.05, 0) is 120 Å². The van der Waals surface area contributed by atoms with E-state index in [2.05, 4.69) is 125 Å². The smallest absolute Gasteiger partial charge is 0.333 e. The first-order valence-electron chi connectivity index (χ1n) is 16.8. The van der Waals surface area contributed by atoms with Gasteiger partial charge in [0.15, 0.2) is 0 Å². The predicted molar refractivity (Wildman–Crippen MR) is 216 cm³/mol. The molecule has 0 N–H and O–H groups in total. The van der Waals surface area contributed by atoms with Gasteiger partial charge in [0, 0.05) is 72.4 Å². The molecule has 0 aliphatic carbocycles. The van der Waals surface area contributed by atoms with Crippen LogP contribution in [0.1, 0.15) is 22.3 Å². The van der Waals surface area contributed by atoms with E-state index in [0.29, 0.717) is 5.56 Å². The summed E-state index contributed by atoms with van der Waals surface area (Å²) < 4.78 is 5.19. The number of nitriles is 1. The van der Waals surface area contributed by atoms with Crippen molar-refractivity contribution in [1.82, 2.24) is 9.05 Å². The van der Waals surface area contributed by atoms with Gasteiger partial charge in [-0.2, -0.15) is 5.26 Å². The van der Waals surface area contributed by atoms with Crippen LogP contribution < -0.4 is 10.9 Å². The average molecular weight is 679 g/mol. The molecule has 10 rings (SSSR count). The monoisotopic (exact) mass is 678 g/mol. The highest BCUT2D eigenvalue weighted by Gasteiger charge is 2.43. The van der Waals surface area contributed by atoms with Gasteiger partial charge in [-0.15, -0.1) is 23.5 Å². The van der Waals surface area contributed by atoms with E-state index in [1.54, 1.807) is 11.8 Å². The van der Waals surface area contributed by atoms with Crippen LogP contribution in [0.5, 0.6) is 0 Å². The molecule has 4 heterocycles. The molecule has 0 bridgehead atoms. The summed E-state index contributed by atoms with van der Waals surface area (Å²) in [5.74, 6) is 0. The molecule has 0 atom stereocenters. The molecule has 0 spiro atoms. The summed E-state index contributed by atoms with van der Waals surface area (Å²) in [6.45, 7) is 4.46. The quantitative estimate of drug-likeness (QED) is 0.106. The largest absolute Gasteiger partial charge is 0.375 e. The highest BCUT2D eigenvalue weighted by molar-refractivity contribution is 7.98. The van der Waals surface area contributed by atoms with E-state index in [1.807, 2.05) is 37.2 Å². The number of aliphatic imine (C=N–C) groups is 1. The van der Waals surface area contributed by atoms with Crippen molar-refractivity contribution in [1.29, 1.82) is 5.26 Å². The lowest BCUT2D eigenvalue weighted by Crippen LogP contribution is -2.55. The minimum atomic E-state index is -0.0239. The van der Waals surface area contributed by atoms with Gasteiger partial charge in [0.05, 0.1) is 22.7 Å². The number of thioether (sulfide) groups is 2. The maximum atomic E-state index is 9.60. The van der Waals surface area contributed by atoms with Crippen LogP contribution in [0.4, 0.5) is 0 Å². The van der Waals surface area contributed by atoms with Crippen LogP contribution in [0.2, 0.25) is 0 Å². The van der Waals surface area contributed by atoms with Crippen molar-refractivity contribution in [3.8, 4) is 34.0 Å². The van der Waals surface area contributed by atoms with E-state index in [-0.39, 0.29) is 6.85 Å². The van der Waals surface area contributed by atoms with Crippen LogP contribution in [-0.4, -0.2) is 41.7 Å². The maximum Gasteiger partial charge on any atom is 0.333 e. The fourth-order valence-electron chi connectivity index (χ4n) is 8.96. The van der Waals surface area contributed by atoms with Gasteiger partial charge in [-0.3, -0.25) is 4.99 Å². The third kappa shape index (κ3) is 3.73. The van der Waals surface area contributed by atoms with E-state index < -0.39 is 0 Å². The molecular formula is C43H31BN4S2. The van der Waals surface area contributed by atoms with Crippen molar-refractivity contribution in [3.05, 3.63) is 113 Å². The van der Waals surface area contributed by atoms with Crippen molar-refractivity contribution in [2.24, 2.45) is 4.99 Å². The van der Waals surface area contributed by atoms with Gasteiger partial charge in [-0.1, -0.05) is 36.4 Å². The molecule has 238 valence electrons. The van der Waals surface area contributed by atoms with Gasteiger partial charge < -0.3 is 9.05 Å². The zero-order valence-electron chi connectivity index (χ0n) is 28.4. The van der Waals surface area contributed by atoms with E-state index in [4.69, 9.17) is 0 Å². The molecule has 0 amide bonds. The summed E-state index contributed by atoms with van der Waals surface area (Å²) in [5, 5.41) is 14.7. The molecule has 6 aromatic carbocycles. The number of hydrogen-bond donors (Lipinski definition) is 0. The molecule has 7 heteroatoms. The number of para-hydroxylation sites is 1. The Morgan fingerprint density at radius 3 is 2.32 bits per heavy atom. The summed E-state index contributed by atoms with van der Waals surface area (Å²) in [4.78, 5) is 7.07. The fourth-order valence-corrected chi connectivity index (χ4v) is 9.89. The van der Waals surface area contributed by atoms with Crippen LogP contribution in [0.15, 0.2) is 106 Å². The molecule has 4 nitrogen and oxygen atoms in total. The molecular weight excluding hydrogens is 647 g/mol. The number of benzene rings is 6. The molecule has 0 unspecified atom stereocenters. The average Bonchev–Trinajstić information content (AvgIpc) is 3.66. The highest BCUT2D eigenvalue weighted by Crippen LogP contribution is 2.47. The van der Waals surface area contributed by atoms with E-state index in [1.165, 1.54) is 103 Å². The Bertz CT molecular complexity index is 2890. The molecule has 0 radical (unpaired) electrons. The SMILES string of the molecule is CN=Cc1c(C)ccc2c1c1cccc3c1n2B1c2c(cc(-c4ccc(C#N)cc4)c(C)c2-3)-n2c3ccc(SC)cc3c3cc(SC)cc1c32. The lowest BCUT2D eigenvalue weighted by Gasteiger charge is -2.36. The lowest BCUT2D eigenvalue weighted by atomic mass is 9.45. The van der Waals surface area contributed by atoms with Gasteiger partial charge in [-0.25, -0.2) is 0 Å². The summed E-state index contributed by atoms with van der Waals surface area (Å²) in [6.07, 6.45) is 6.38. The molecule has 2 aliphatic heterocycles. The first-order valence-corrected chi connectivity index (χ1v) is 19.3. The number of hydrogen-bond acceptors (Lipinski definition) is 4. The van der Waals surface area contributed by atoms with Gasteiger partial charge in [0.25, 0.3) is 0 Å². The summed E-state index contributed by atoms with van der Waals surface area (Å²) in [6, 6.07) is 36.0. The Balaban J connectivity index is 1.46. The minimum absolute atomic E-state index is 0.0239. The van der Waals surface area contributed by atoms with Crippen LogP contribution in [0.25, 0.3) is 71.6 Å². The molecule has 2 aliphatic rings. The van der Waals surface area contributed by atoms with E-state index >= 15 is 0 Å². The van der Waals surface area contributed by atoms with E-state index in [9.17, 15) is 5.26 Å². The van der Waals surface area contributed by atoms with Crippen LogP contribution >= 0.6 is 23.5 Å². The van der Waals surface area contributed by atoms with Gasteiger partial charge in [0.2, 0.25) is 0 Å². The highest BCUT2D eigenvalue weighted by atomic mass is 32.2. The third-order valence-corrected chi connectivity index (χ3v) is 12.5. The van der Waals surface area contributed by atoms with Crippen LogP contribution in [0.3, 0.4) is 0 Å². The van der Waals surface area contributed by atoms with Crippen molar-refractivity contribution in [3.63, 3.8) is 0 Å². The Morgan fingerprint density at radius 1 is 0.780 bits per heavy atom. The number of fused-ring (bicyclic) bond motifs is 10. The predicted octanol–water partition coefficient (Wildman–Crippen LogP) is 9.49. The van der Waals surface area contributed by atoms with Crippen LogP contribution in [0, 0.1) is 25.2 Å². The zero-order valence-corrected chi connectivity index (χ0v) is 30.1. The van der Waals surface area contributed by atoms with Crippen molar-refractivity contribution < 1.29 is 0 Å². The van der Waals surface area contributed by atoms with Crippen LogP contribution in [-0.2, 0) is 0 Å². The summed E-state index contributed by atoms with van der Waals surface area (Å²) >= 11 is 3.61. The summed E-state index contributed by atoms with van der Waals surface area (Å²) in [7, 11) is 1.87. The van der Waals surface area contributed by atoms with Gasteiger partial charge >= 0.3 is 6.85 Å². The Morgan fingerprint density at radius 2 is 1.56 bits per heavy atom. The van der Waals surface area contributed by atoms with E-state index in [0.717, 1.165) is 5.56 Å². The molecule has 0 saturated carbocycles. The number of aromatic nitrogens is 2. The second kappa shape index (κ2) is 10.7. The number of rotatable bonds is 4. The second-order valence-corrected chi connectivity index (χ2v) is 15.2. The number of aryl methyl sites for hydroxylation is 1. The van der Waals surface area contributed by atoms with Crippen molar-refractivity contribution in [2.45, 2.75) is 23.6 Å².